The van der Waals surface area contributed by atoms with Gasteiger partial charge in [0.25, 0.3) is 5.56 Å². The van der Waals surface area contributed by atoms with E-state index < -0.39 is 0 Å². The van der Waals surface area contributed by atoms with Gasteiger partial charge in [0.05, 0.1) is 26.3 Å². The van der Waals surface area contributed by atoms with Crippen LogP contribution in [0.3, 0.4) is 0 Å². The zero-order valence-electron chi connectivity index (χ0n) is 16.2. The van der Waals surface area contributed by atoms with Crippen molar-refractivity contribution in [3.63, 3.8) is 0 Å². The summed E-state index contributed by atoms with van der Waals surface area (Å²) in [5, 5.41) is 0. The molecular weight excluding hydrogens is 368 g/mol. The largest absolute Gasteiger partial charge is 0.368 e. The van der Waals surface area contributed by atoms with E-state index in [0.717, 1.165) is 35.5 Å². The number of hydrogen-bond acceptors (Lipinski definition) is 4. The van der Waals surface area contributed by atoms with Crippen molar-refractivity contribution in [3.05, 3.63) is 103 Å². The molecule has 0 radical (unpaired) electrons. The molecule has 0 bridgehead atoms. The molecule has 0 amide bonds. The van der Waals surface area contributed by atoms with Crippen LogP contribution in [0.2, 0.25) is 0 Å². The third-order valence-corrected chi connectivity index (χ3v) is 5.47. The van der Waals surface area contributed by atoms with Crippen molar-refractivity contribution in [3.8, 4) is 0 Å². The van der Waals surface area contributed by atoms with E-state index in [1.54, 1.807) is 17.7 Å². The lowest BCUT2D eigenvalue weighted by molar-refractivity contribution is 0.415. The number of aryl methyl sites for hydroxylation is 1. The Hall–Kier alpha value is -2.96. The third-order valence-electron chi connectivity index (χ3n) is 5.47. The smallest absolute Gasteiger partial charge is 0.331 e. The van der Waals surface area contributed by atoms with Gasteiger partial charge in [-0.1, -0.05) is 48.5 Å². The van der Waals surface area contributed by atoms with Crippen LogP contribution >= 0.6 is 0 Å². The maximum absolute atomic E-state index is 13.0. The number of rotatable bonds is 6. The lowest BCUT2D eigenvalue weighted by Gasteiger charge is -2.12. The second kappa shape index (κ2) is 7.13. The average molecular weight is 390 g/mol. The third kappa shape index (κ3) is 3.81. The predicted octanol–water partition coefficient (Wildman–Crippen LogP) is 2.56. The van der Waals surface area contributed by atoms with Gasteiger partial charge in [0, 0.05) is 11.8 Å². The Labute approximate surface area is 167 Å². The fraction of sp³-hybridized carbons (Fsp3) is 0.304. The molecular formula is C23H22N2O4. The van der Waals surface area contributed by atoms with Crippen molar-refractivity contribution in [1.82, 2.24) is 9.13 Å². The standard InChI is InChI=1S/C23H22N2O4/c1-15-10-24(11-16-2-6-18(7-3-16)20-13-28-20)23(27)25(22(15)26)12-17-4-8-19(9-5-17)21-14-29-21/h2-10,20-21H,11-14H2,1H3. The van der Waals surface area contributed by atoms with E-state index in [9.17, 15) is 9.59 Å². The summed E-state index contributed by atoms with van der Waals surface area (Å²) in [5.41, 5.74) is 4.21. The van der Waals surface area contributed by atoms with Gasteiger partial charge in [0.15, 0.2) is 0 Å². The number of epoxide rings is 2. The van der Waals surface area contributed by atoms with Crippen molar-refractivity contribution in [2.45, 2.75) is 32.2 Å². The van der Waals surface area contributed by atoms with Crippen LogP contribution in [0.1, 0.15) is 40.0 Å². The van der Waals surface area contributed by atoms with Gasteiger partial charge >= 0.3 is 5.69 Å². The Bertz CT molecular complexity index is 1150. The second-order valence-electron chi connectivity index (χ2n) is 7.74. The highest BCUT2D eigenvalue weighted by molar-refractivity contribution is 5.27. The highest BCUT2D eigenvalue weighted by Gasteiger charge is 2.25. The molecule has 0 spiro atoms. The Morgan fingerprint density at radius 1 is 0.828 bits per heavy atom. The van der Waals surface area contributed by atoms with Crippen molar-refractivity contribution in [2.24, 2.45) is 0 Å². The maximum atomic E-state index is 13.0. The summed E-state index contributed by atoms with van der Waals surface area (Å²) < 4.78 is 13.5. The van der Waals surface area contributed by atoms with E-state index >= 15 is 0 Å². The van der Waals surface area contributed by atoms with E-state index in [4.69, 9.17) is 9.47 Å². The zero-order valence-corrected chi connectivity index (χ0v) is 16.2. The Morgan fingerprint density at radius 3 is 1.79 bits per heavy atom. The first-order valence-electron chi connectivity index (χ1n) is 9.80. The Balaban J connectivity index is 1.41. The first-order valence-corrected chi connectivity index (χ1v) is 9.80. The predicted molar refractivity (Wildman–Crippen MR) is 108 cm³/mol. The van der Waals surface area contributed by atoms with E-state index in [0.29, 0.717) is 12.1 Å². The second-order valence-corrected chi connectivity index (χ2v) is 7.74. The highest BCUT2D eigenvalue weighted by atomic mass is 16.6. The molecule has 2 fully saturated rings. The monoisotopic (exact) mass is 390 g/mol. The van der Waals surface area contributed by atoms with Crippen LogP contribution in [-0.2, 0) is 22.6 Å². The highest BCUT2D eigenvalue weighted by Crippen LogP contribution is 2.30. The molecule has 0 N–H and O–H groups in total. The van der Waals surface area contributed by atoms with E-state index in [1.165, 1.54) is 4.57 Å². The van der Waals surface area contributed by atoms with Crippen LogP contribution < -0.4 is 11.2 Å². The van der Waals surface area contributed by atoms with Crippen LogP contribution in [0.25, 0.3) is 0 Å². The molecule has 3 aromatic rings. The molecule has 0 aliphatic carbocycles. The number of nitrogens with zero attached hydrogens (tertiary/aromatic N) is 2. The number of benzene rings is 2. The van der Waals surface area contributed by atoms with E-state index in [2.05, 4.69) is 0 Å². The minimum atomic E-state index is -0.301. The van der Waals surface area contributed by atoms with Crippen molar-refractivity contribution < 1.29 is 9.47 Å². The van der Waals surface area contributed by atoms with Crippen molar-refractivity contribution >= 4 is 0 Å². The van der Waals surface area contributed by atoms with Crippen LogP contribution in [0.5, 0.6) is 0 Å². The molecule has 6 nitrogen and oxygen atoms in total. The minimum absolute atomic E-state index is 0.195. The SMILES string of the molecule is Cc1cn(Cc2ccc(C3CO3)cc2)c(=O)n(Cc2ccc(C3CO3)cc2)c1=O. The minimum Gasteiger partial charge on any atom is -0.368 e. The normalized spacial score (nSPS) is 19.9. The molecule has 148 valence electrons. The van der Waals surface area contributed by atoms with Crippen LogP contribution in [0.4, 0.5) is 0 Å². The van der Waals surface area contributed by atoms with Gasteiger partial charge in [-0.2, -0.15) is 0 Å². The van der Waals surface area contributed by atoms with Gasteiger partial charge in [-0.3, -0.25) is 13.9 Å². The lowest BCUT2D eigenvalue weighted by Crippen LogP contribution is -2.41. The summed E-state index contributed by atoms with van der Waals surface area (Å²) in [6.45, 7) is 3.95. The molecule has 5 rings (SSSR count). The molecule has 2 aromatic carbocycles. The van der Waals surface area contributed by atoms with Crippen LogP contribution in [0, 0.1) is 6.92 Å². The number of hydrogen-bond donors (Lipinski definition) is 0. The van der Waals surface area contributed by atoms with Gasteiger partial charge in [-0.25, -0.2) is 4.79 Å². The van der Waals surface area contributed by atoms with E-state index in [1.807, 2.05) is 48.5 Å². The summed E-state index contributed by atoms with van der Waals surface area (Å²) in [6, 6.07) is 16.0. The molecule has 0 saturated carbocycles. The fourth-order valence-corrected chi connectivity index (χ4v) is 3.59. The molecule has 1 aromatic heterocycles. The average Bonchev–Trinajstić information content (AvgIpc) is 3.63. The maximum Gasteiger partial charge on any atom is 0.331 e. The number of ether oxygens (including phenoxy) is 2. The van der Waals surface area contributed by atoms with Gasteiger partial charge in [-0.05, 0) is 29.2 Å². The summed E-state index contributed by atoms with van der Waals surface area (Å²) in [7, 11) is 0. The quantitative estimate of drug-likeness (QED) is 0.607. The summed E-state index contributed by atoms with van der Waals surface area (Å²) in [5.74, 6) is 0. The first-order chi connectivity index (χ1) is 14.1. The van der Waals surface area contributed by atoms with E-state index in [-0.39, 0.29) is 30.0 Å². The Kier molecular flexibility index (Phi) is 4.45. The molecule has 29 heavy (non-hydrogen) atoms. The lowest BCUT2D eigenvalue weighted by atomic mass is 10.1. The van der Waals surface area contributed by atoms with Gasteiger partial charge in [0.2, 0.25) is 0 Å². The molecule has 2 unspecified atom stereocenters. The van der Waals surface area contributed by atoms with Crippen LogP contribution in [0.15, 0.2) is 64.3 Å². The van der Waals surface area contributed by atoms with Crippen molar-refractivity contribution in [2.75, 3.05) is 13.2 Å². The fourth-order valence-electron chi connectivity index (χ4n) is 3.59. The molecule has 2 saturated heterocycles. The first kappa shape index (κ1) is 18.1. The number of aromatic nitrogens is 2. The molecule has 2 atom stereocenters. The van der Waals surface area contributed by atoms with Gasteiger partial charge in [0.1, 0.15) is 12.2 Å². The summed E-state index contributed by atoms with van der Waals surface area (Å²) in [4.78, 5) is 25.6. The van der Waals surface area contributed by atoms with Crippen molar-refractivity contribution in [1.29, 1.82) is 0 Å². The Morgan fingerprint density at radius 2 is 1.31 bits per heavy atom. The molecule has 2 aliphatic heterocycles. The summed E-state index contributed by atoms with van der Waals surface area (Å²) in [6.07, 6.45) is 2.06. The topological polar surface area (TPSA) is 69.1 Å². The van der Waals surface area contributed by atoms with Gasteiger partial charge < -0.3 is 9.47 Å². The van der Waals surface area contributed by atoms with Crippen LogP contribution in [-0.4, -0.2) is 22.3 Å². The summed E-state index contributed by atoms with van der Waals surface area (Å²) >= 11 is 0. The molecule has 2 aliphatic rings. The zero-order chi connectivity index (χ0) is 20.0. The molecule has 3 heterocycles. The van der Waals surface area contributed by atoms with Gasteiger partial charge in [-0.15, -0.1) is 0 Å². The molecule has 6 heteroatoms.